The normalized spacial score (nSPS) is 29.6. The molecular formula is C80H79Cl4FN20S4. The fourth-order valence-electron chi connectivity index (χ4n) is 9.54. The van der Waals surface area contributed by atoms with E-state index >= 15 is 0 Å². The van der Waals surface area contributed by atoms with Crippen molar-refractivity contribution in [3.8, 4) is 24.3 Å². The van der Waals surface area contributed by atoms with Crippen LogP contribution in [0.25, 0.3) is 40.9 Å². The molecule has 4 N–H and O–H groups in total. The Kier molecular flexibility index (Phi) is 12.8. The lowest BCUT2D eigenvalue weighted by molar-refractivity contribution is 0.211. The van der Waals surface area contributed by atoms with Crippen LogP contribution in [0.4, 0.5) is 27.7 Å². The monoisotopic (exact) mass is 1660 g/mol. The lowest BCUT2D eigenvalue weighted by Crippen LogP contribution is -2.38. The molecule has 0 saturated carbocycles. The first-order chi connectivity index (χ1) is 71.9. The molecule has 8 aromatic heterocycles. The summed E-state index contributed by atoms with van der Waals surface area (Å²) in [5.74, 6) is -3.40. The number of likely N-dealkylation sites (tertiary alicyclic amines) is 4. The van der Waals surface area contributed by atoms with Crippen LogP contribution in [0, 0.1) is 78.8 Å². The predicted molar refractivity (Wildman–Crippen MR) is 441 cm³/mol. The van der Waals surface area contributed by atoms with E-state index in [1.165, 1.54) is 51.1 Å². The van der Waals surface area contributed by atoms with Crippen LogP contribution in [-0.2, 0) is 26.0 Å². The van der Waals surface area contributed by atoms with Crippen molar-refractivity contribution in [3.05, 3.63) is 206 Å². The number of fused-ring (bicyclic) bond motifs is 4. The van der Waals surface area contributed by atoms with E-state index in [-0.39, 0.29) is 131 Å². The van der Waals surface area contributed by atoms with Gasteiger partial charge in [-0.25, -0.2) is 44.3 Å². The second-order valence-corrected chi connectivity index (χ2v) is 28.7. The van der Waals surface area contributed by atoms with E-state index in [2.05, 4.69) is 39.9 Å². The minimum Gasteiger partial charge on any atom is -0.367 e. The van der Waals surface area contributed by atoms with Gasteiger partial charge in [0, 0.05) is 145 Å². The molecular weight excluding hydrogens is 1530 g/mol. The van der Waals surface area contributed by atoms with Crippen LogP contribution in [0.1, 0.15) is 180 Å². The van der Waals surface area contributed by atoms with Crippen molar-refractivity contribution >= 4 is 156 Å². The zero-order chi connectivity index (χ0) is 120. The maximum atomic E-state index is 14.1. The zero-order valence-electron chi connectivity index (χ0n) is 105. The van der Waals surface area contributed by atoms with Gasteiger partial charge in [-0.2, -0.15) is 21.0 Å². The zero-order valence-corrected chi connectivity index (χ0v) is 62.4. The summed E-state index contributed by atoms with van der Waals surface area (Å²) in [4.78, 5) is 30.9. The van der Waals surface area contributed by atoms with Gasteiger partial charge in [0.1, 0.15) is 85.2 Å². The average molecular weight is 1660 g/mol. The van der Waals surface area contributed by atoms with Crippen LogP contribution < -0.4 is 21.2 Å². The molecule has 0 radical (unpaired) electrons. The summed E-state index contributed by atoms with van der Waals surface area (Å²) >= 11 is 27.1. The number of nitrogens with one attached hydrogen (secondary N) is 4. The Labute approximate surface area is 738 Å². The fraction of sp³-hybridized carbons (Fsp3) is 0.350. The second kappa shape index (κ2) is 36.8. The van der Waals surface area contributed by atoms with Crippen molar-refractivity contribution < 1.29 is 71.7 Å². The van der Waals surface area contributed by atoms with Crippen molar-refractivity contribution in [2.45, 2.75) is 129 Å². The smallest absolute Gasteiger partial charge is 0.162 e. The SMILES string of the molecule is [2H]c1nc(N([2H])C2([2H])C([2H])([2H])C([2H])([2H])N(C([2H])([2H])c3cc(C#N)c(C)cc3[2H])C([2H])([2H])C2([2H])[2H])c2c([2H])c(Cl)sc2n1.[2H]c1nc(N([2H])C2([2H])C([2H])([2H])C([2H])([2H])N(C([2H])([2H])c3ccc(C)c(C#N)c3[2H])C([2H])([2H])C2([2H])[2H])c2c([2H])c(Cl)sc2n1.[2H]c1nc(N([2H])C2([2H])C([2H])([2H])CN(C([2H])c3cc(C)c(F)c(C#N)c3)CC2([2H])[2H])c2c([2H])c(Cl)sc2n1.[2H]c1nc(N([2H])C2([2H])CC([2H])([2H])N(C([2H])([2H])c3ccc(C)c(C#N)c3)C([2H])([2H])C2)c2c([2H])c(Cl)sc2n1. The van der Waals surface area contributed by atoms with E-state index in [9.17, 15) is 25.4 Å². The Hall–Kier alpha value is -8.87. The summed E-state index contributed by atoms with van der Waals surface area (Å²) in [7, 11) is 0. The number of nitrogens with zero attached hydrogens (tertiary/aromatic N) is 16. The Morgan fingerprint density at radius 3 is 1.27 bits per heavy atom. The Morgan fingerprint density at radius 1 is 0.450 bits per heavy atom. The topological polar surface area (TPSA) is 259 Å². The van der Waals surface area contributed by atoms with Crippen LogP contribution in [0.15, 0.2) is 116 Å². The van der Waals surface area contributed by atoms with Crippen LogP contribution >= 0.6 is 91.8 Å². The largest absolute Gasteiger partial charge is 0.367 e. The molecule has 1 unspecified atom stereocenters. The summed E-state index contributed by atoms with van der Waals surface area (Å²) in [5, 5.41) is 36.7. The van der Waals surface area contributed by atoms with E-state index in [1.807, 2.05) is 6.07 Å². The highest BCUT2D eigenvalue weighted by Crippen LogP contribution is 2.37. The van der Waals surface area contributed by atoms with Crippen LogP contribution in [0.5, 0.6) is 0 Å². The lowest BCUT2D eigenvalue weighted by Gasteiger charge is -2.32. The van der Waals surface area contributed by atoms with Gasteiger partial charge in [-0.05, 0) is 172 Å². The van der Waals surface area contributed by atoms with Gasteiger partial charge < -0.3 is 21.2 Å². The number of rotatable bonds is 16. The predicted octanol–water partition coefficient (Wildman–Crippen LogP) is 18.5. The molecule has 0 aliphatic carbocycles. The highest BCUT2D eigenvalue weighted by molar-refractivity contribution is 7.23. The minimum atomic E-state index is -3.99. The first-order valence-corrected chi connectivity index (χ1v) is 35.9. The molecule has 4 aromatic carbocycles. The number of anilines is 4. The maximum Gasteiger partial charge on any atom is 0.162 e. The molecule has 1 atom stereocenters. The van der Waals surface area contributed by atoms with Crippen LogP contribution in [-0.4, -0.2) is 136 Å². The number of thiophene rings is 4. The number of aryl methyl sites for hydroxylation is 4. The summed E-state index contributed by atoms with van der Waals surface area (Å²) in [6, 6.07) is 1.76. The van der Waals surface area contributed by atoms with Gasteiger partial charge in [-0.15, -0.1) is 45.3 Å². The Balaban J connectivity index is 0.000000174. The third-order valence-corrected chi connectivity index (χ3v) is 19.2. The van der Waals surface area contributed by atoms with E-state index in [0.717, 1.165) is 51.8 Å². The Bertz CT molecular complexity index is 7750. The maximum absolute atomic E-state index is 14.1. The van der Waals surface area contributed by atoms with Crippen molar-refractivity contribution in [3.63, 3.8) is 0 Å². The standard InChI is InChI=1S/C20H19ClFN5S.3C20H20ClN5S/c1-12-6-13(7-14(9-23)18(12)22)10-27-4-2-15(3-5-27)26-19-16-8-17(21)28-20(16)25-11-24-19;3*1-13-2-3-14(8-15(13)10-22)11-26-6-4-16(5-7-26)25-19-17-9-18(21)27-20(17)24-12-23-19/h6-8,11,15H,2-5,10H2,1H3,(H,24,25,26);3*2-3,8-9,12,16H,4-7,11H2,1H3,(H,23,24,25)/i2D2,3D2,8D,10D,11D,15D;4D2,5D2,6D2,7D2,8D,9D,11D2,12D,16D;3D,4D2,5D2,6D2,7D2,9D,11D2,12D,16D;6D2,7D2,9D,11D2,12D,16D/hD4. The number of piperidine rings is 4. The van der Waals surface area contributed by atoms with Gasteiger partial charge in [0.2, 0.25) is 0 Å². The molecule has 4 aliphatic rings. The summed E-state index contributed by atoms with van der Waals surface area (Å²) < 4.78 is 435. The van der Waals surface area contributed by atoms with Crippen LogP contribution in [0.2, 0.25) is 23.0 Å². The van der Waals surface area contributed by atoms with Gasteiger partial charge in [-0.1, -0.05) is 88.8 Å². The quantitative estimate of drug-likeness (QED) is 0.0701. The molecule has 4 saturated heterocycles. The van der Waals surface area contributed by atoms with Gasteiger partial charge in [0.15, 0.2) is 5.65 Å². The van der Waals surface area contributed by atoms with Gasteiger partial charge in [0.05, 0.1) is 93.1 Å². The molecule has 12 aromatic rings. The molecule has 4 aliphatic heterocycles. The number of aromatic nitrogens is 8. The molecule has 4 fully saturated rings. The number of halogens is 5. The van der Waals surface area contributed by atoms with Crippen molar-refractivity contribution in [2.75, 3.05) is 73.3 Å². The third kappa shape index (κ3) is 20.4. The number of hydrogen-bond donors (Lipinski definition) is 4. The molecule has 12 heterocycles. The highest BCUT2D eigenvalue weighted by atomic mass is 35.5. The molecule has 558 valence electrons. The van der Waals surface area contributed by atoms with Gasteiger partial charge in [0.25, 0.3) is 0 Å². The molecule has 0 amide bonds. The molecule has 0 bridgehead atoms. The summed E-state index contributed by atoms with van der Waals surface area (Å²) in [5.41, 5.74) is -0.980. The van der Waals surface area contributed by atoms with E-state index in [0.29, 0.717) is 38.4 Å². The molecule has 0 spiro atoms. The number of nitriles is 4. The number of benzene rings is 4. The molecule has 16 rings (SSSR count). The van der Waals surface area contributed by atoms with E-state index in [4.69, 9.17) is 114 Å². The minimum absolute atomic E-state index is 0.0183. The average Bonchev–Trinajstić information content (AvgIpc) is 0.816. The van der Waals surface area contributed by atoms with Crippen molar-refractivity contribution in [1.29, 1.82) is 21.0 Å². The second-order valence-electron chi connectivity index (χ2n) is 22.3. The first-order valence-electron chi connectivity index (χ1n) is 55.5. The Morgan fingerprint density at radius 2 is 0.817 bits per heavy atom. The first kappa shape index (κ1) is 37.9. The lowest BCUT2D eigenvalue weighted by atomic mass is 10.0. The fourth-order valence-corrected chi connectivity index (χ4v) is 13.4. The molecule has 29 heteroatoms. The summed E-state index contributed by atoms with van der Waals surface area (Å²) in [6.07, 6.45) is -25.9. The van der Waals surface area contributed by atoms with Crippen molar-refractivity contribution in [2.24, 2.45) is 0 Å². The van der Waals surface area contributed by atoms with Gasteiger partial charge in [-0.3, -0.25) is 19.6 Å². The summed E-state index contributed by atoms with van der Waals surface area (Å²) in [6.45, 7) is -27.9. The highest BCUT2D eigenvalue weighted by Gasteiger charge is 2.27. The molecule has 20 nitrogen and oxygen atoms in total. The van der Waals surface area contributed by atoms with E-state index < -0.39 is 258 Å². The van der Waals surface area contributed by atoms with Crippen molar-refractivity contribution in [1.82, 2.24) is 59.5 Å². The van der Waals surface area contributed by atoms with Crippen LogP contribution in [0.3, 0.4) is 0 Å². The molecule has 109 heavy (non-hydrogen) atoms. The third-order valence-electron chi connectivity index (χ3n) is 14.8. The number of hydrogen-bond acceptors (Lipinski definition) is 24. The van der Waals surface area contributed by atoms with E-state index in [1.54, 1.807) is 25.1 Å². The van der Waals surface area contributed by atoms with Gasteiger partial charge >= 0.3 is 0 Å².